The van der Waals surface area contributed by atoms with Crippen LogP contribution in [0.15, 0.2) is 30.3 Å². The molecule has 1 aromatic rings. The summed E-state index contributed by atoms with van der Waals surface area (Å²) in [6.45, 7) is 0.894. The predicted octanol–water partition coefficient (Wildman–Crippen LogP) is 3.10. The third-order valence-corrected chi connectivity index (χ3v) is 5.47. The maximum absolute atomic E-state index is 12.5. The zero-order valence-corrected chi connectivity index (χ0v) is 11.1. The third-order valence-electron chi connectivity index (χ3n) is 3.18. The minimum absolute atomic E-state index is 0.167. The molecular formula is C12H18NO3P. The Morgan fingerprint density at radius 1 is 1.24 bits per heavy atom. The summed E-state index contributed by atoms with van der Waals surface area (Å²) >= 11 is 0. The maximum Gasteiger partial charge on any atom is 0.352 e. The van der Waals surface area contributed by atoms with E-state index >= 15 is 0 Å². The van der Waals surface area contributed by atoms with E-state index in [9.17, 15) is 4.57 Å². The number of hydrogen-bond donors (Lipinski definition) is 0. The predicted molar refractivity (Wildman–Crippen MR) is 68.4 cm³/mol. The number of para-hydroxylation sites is 1. The van der Waals surface area contributed by atoms with E-state index < -0.39 is 7.60 Å². The Morgan fingerprint density at radius 3 is 2.47 bits per heavy atom. The number of anilines is 1. The Labute approximate surface area is 102 Å². The van der Waals surface area contributed by atoms with Crippen LogP contribution in [0.1, 0.15) is 12.8 Å². The van der Waals surface area contributed by atoms with Gasteiger partial charge in [-0.05, 0) is 25.0 Å². The van der Waals surface area contributed by atoms with Gasteiger partial charge in [-0.1, -0.05) is 18.2 Å². The van der Waals surface area contributed by atoms with Crippen molar-refractivity contribution in [1.29, 1.82) is 0 Å². The van der Waals surface area contributed by atoms with E-state index in [-0.39, 0.29) is 5.78 Å². The zero-order chi connectivity index (χ0) is 12.3. The zero-order valence-electron chi connectivity index (χ0n) is 10.2. The van der Waals surface area contributed by atoms with E-state index in [0.29, 0.717) is 0 Å². The molecule has 1 aliphatic rings. The monoisotopic (exact) mass is 255 g/mol. The Balaban J connectivity index is 2.27. The Kier molecular flexibility index (Phi) is 3.87. The van der Waals surface area contributed by atoms with Crippen LogP contribution < -0.4 is 4.90 Å². The summed E-state index contributed by atoms with van der Waals surface area (Å²) in [5.41, 5.74) is 1.07. The molecular weight excluding hydrogens is 237 g/mol. The topological polar surface area (TPSA) is 38.8 Å². The van der Waals surface area contributed by atoms with Crippen LogP contribution in [0.3, 0.4) is 0 Å². The van der Waals surface area contributed by atoms with Crippen LogP contribution in [0.2, 0.25) is 0 Å². The normalized spacial score (nSPS) is 20.8. The average Bonchev–Trinajstić information content (AvgIpc) is 2.88. The largest absolute Gasteiger partial charge is 0.357 e. The van der Waals surface area contributed by atoms with Crippen molar-refractivity contribution in [1.82, 2.24) is 0 Å². The lowest BCUT2D eigenvalue weighted by Gasteiger charge is -2.30. The molecule has 1 saturated heterocycles. The summed E-state index contributed by atoms with van der Waals surface area (Å²) in [6.07, 6.45) is 1.85. The summed E-state index contributed by atoms with van der Waals surface area (Å²) in [5.74, 6) is -0.167. The van der Waals surface area contributed by atoms with Crippen LogP contribution in [0.4, 0.5) is 5.69 Å². The lowest BCUT2D eigenvalue weighted by molar-refractivity contribution is 0.266. The first kappa shape index (κ1) is 12.6. The molecule has 1 heterocycles. The third kappa shape index (κ3) is 2.39. The van der Waals surface area contributed by atoms with Crippen molar-refractivity contribution in [2.45, 2.75) is 18.6 Å². The van der Waals surface area contributed by atoms with Crippen LogP contribution in [0, 0.1) is 0 Å². The van der Waals surface area contributed by atoms with Gasteiger partial charge in [-0.15, -0.1) is 0 Å². The summed E-state index contributed by atoms with van der Waals surface area (Å²) < 4.78 is 22.7. The molecule has 0 N–H and O–H groups in total. The molecule has 0 amide bonds. The fraction of sp³-hybridized carbons (Fsp3) is 0.500. The van der Waals surface area contributed by atoms with Crippen LogP contribution in [0.25, 0.3) is 0 Å². The van der Waals surface area contributed by atoms with Crippen molar-refractivity contribution in [2.75, 3.05) is 25.7 Å². The van der Waals surface area contributed by atoms with Gasteiger partial charge in [0.1, 0.15) is 5.78 Å². The molecule has 0 aliphatic carbocycles. The van der Waals surface area contributed by atoms with E-state index in [4.69, 9.17) is 9.05 Å². The molecule has 17 heavy (non-hydrogen) atoms. The first-order valence-electron chi connectivity index (χ1n) is 5.74. The molecule has 2 rings (SSSR count). The minimum atomic E-state index is -3.02. The van der Waals surface area contributed by atoms with Gasteiger partial charge in [-0.2, -0.15) is 0 Å². The highest BCUT2D eigenvalue weighted by atomic mass is 31.2. The molecule has 1 unspecified atom stereocenters. The van der Waals surface area contributed by atoms with E-state index in [2.05, 4.69) is 4.90 Å². The van der Waals surface area contributed by atoms with Gasteiger partial charge in [-0.25, -0.2) is 0 Å². The molecule has 0 spiro atoms. The van der Waals surface area contributed by atoms with Crippen molar-refractivity contribution in [3.05, 3.63) is 30.3 Å². The standard InChI is InChI=1S/C12H18NO3P/c1-15-17(14,16-2)12-9-6-10-13(12)11-7-4-3-5-8-11/h3-5,7-8,12H,6,9-10H2,1-2H3. The lowest BCUT2D eigenvalue weighted by Crippen LogP contribution is -2.29. The summed E-state index contributed by atoms with van der Waals surface area (Å²) in [5, 5.41) is 0. The summed E-state index contributed by atoms with van der Waals surface area (Å²) in [7, 11) is -0.124. The van der Waals surface area contributed by atoms with E-state index in [1.807, 2.05) is 30.3 Å². The molecule has 1 fully saturated rings. The van der Waals surface area contributed by atoms with Crippen molar-refractivity contribution in [3.63, 3.8) is 0 Å². The number of benzene rings is 1. The Bertz CT molecular complexity index is 401. The highest BCUT2D eigenvalue weighted by Gasteiger charge is 2.41. The second-order valence-corrected chi connectivity index (χ2v) is 6.46. The van der Waals surface area contributed by atoms with E-state index in [1.165, 1.54) is 14.2 Å². The van der Waals surface area contributed by atoms with Gasteiger partial charge in [0.05, 0.1) is 0 Å². The van der Waals surface area contributed by atoms with Crippen molar-refractivity contribution >= 4 is 13.3 Å². The minimum Gasteiger partial charge on any atom is -0.357 e. The maximum atomic E-state index is 12.5. The molecule has 4 nitrogen and oxygen atoms in total. The van der Waals surface area contributed by atoms with Crippen molar-refractivity contribution in [2.24, 2.45) is 0 Å². The lowest BCUT2D eigenvalue weighted by atomic mass is 10.3. The van der Waals surface area contributed by atoms with Gasteiger partial charge >= 0.3 is 7.60 Å². The fourth-order valence-electron chi connectivity index (χ4n) is 2.32. The highest BCUT2D eigenvalue weighted by molar-refractivity contribution is 7.54. The van der Waals surface area contributed by atoms with Crippen LogP contribution in [-0.2, 0) is 13.6 Å². The molecule has 94 valence electrons. The van der Waals surface area contributed by atoms with Crippen LogP contribution in [-0.4, -0.2) is 26.5 Å². The number of nitrogens with zero attached hydrogens (tertiary/aromatic N) is 1. The first-order valence-corrected chi connectivity index (χ1v) is 7.35. The summed E-state index contributed by atoms with van der Waals surface area (Å²) in [4.78, 5) is 2.12. The average molecular weight is 255 g/mol. The fourth-order valence-corrected chi connectivity index (χ4v) is 4.04. The Morgan fingerprint density at radius 2 is 1.88 bits per heavy atom. The molecule has 0 saturated carbocycles. The van der Waals surface area contributed by atoms with Gasteiger partial charge in [-0.3, -0.25) is 4.57 Å². The van der Waals surface area contributed by atoms with Gasteiger partial charge in [0.2, 0.25) is 0 Å². The molecule has 1 aromatic carbocycles. The number of rotatable bonds is 4. The van der Waals surface area contributed by atoms with Crippen molar-refractivity contribution in [3.8, 4) is 0 Å². The molecule has 0 aromatic heterocycles. The van der Waals surface area contributed by atoms with Gasteiger partial charge in [0.15, 0.2) is 0 Å². The first-order chi connectivity index (χ1) is 8.21. The van der Waals surface area contributed by atoms with Gasteiger partial charge < -0.3 is 13.9 Å². The smallest absolute Gasteiger partial charge is 0.352 e. The van der Waals surface area contributed by atoms with E-state index in [1.54, 1.807) is 0 Å². The quantitative estimate of drug-likeness (QED) is 0.775. The van der Waals surface area contributed by atoms with Crippen LogP contribution in [0.5, 0.6) is 0 Å². The number of hydrogen-bond acceptors (Lipinski definition) is 4. The second kappa shape index (κ2) is 5.21. The summed E-state index contributed by atoms with van der Waals surface area (Å²) in [6, 6.07) is 9.98. The van der Waals surface area contributed by atoms with E-state index in [0.717, 1.165) is 25.1 Å². The molecule has 1 aliphatic heterocycles. The van der Waals surface area contributed by atoms with Gasteiger partial charge in [0, 0.05) is 26.5 Å². The van der Waals surface area contributed by atoms with Gasteiger partial charge in [0.25, 0.3) is 0 Å². The van der Waals surface area contributed by atoms with Crippen LogP contribution >= 0.6 is 7.60 Å². The molecule has 5 heteroatoms. The second-order valence-electron chi connectivity index (χ2n) is 4.06. The molecule has 0 bridgehead atoms. The molecule has 0 radical (unpaired) electrons. The Hall–Kier alpha value is -0.830. The molecule has 1 atom stereocenters. The highest BCUT2D eigenvalue weighted by Crippen LogP contribution is 2.56. The van der Waals surface area contributed by atoms with Crippen molar-refractivity contribution < 1.29 is 13.6 Å². The SMILES string of the molecule is COP(=O)(OC)C1CCCN1c1ccccc1.